The Morgan fingerprint density at radius 3 is 2.86 bits per heavy atom. The average molecular weight is 320 g/mol. The van der Waals surface area contributed by atoms with Gasteiger partial charge in [-0.2, -0.15) is 11.8 Å². The van der Waals surface area contributed by atoms with E-state index in [4.69, 9.17) is 11.6 Å². The Labute approximate surface area is 134 Å². The molecule has 0 amide bonds. The first kappa shape index (κ1) is 13.6. The molecule has 2 aliphatic rings. The lowest BCUT2D eigenvalue weighted by molar-refractivity contribution is 0.541. The second-order valence-corrected chi connectivity index (χ2v) is 8.22. The Balaban J connectivity index is 1.74. The Hall–Kier alpha value is -1.000. The van der Waals surface area contributed by atoms with Gasteiger partial charge in [-0.25, -0.2) is 0 Å². The molecule has 0 spiro atoms. The zero-order valence-corrected chi connectivity index (χ0v) is 13.6. The standard InChI is InChI=1S/C16H18ClN3S/c1-16(11-6-7-11)10-14-18-19-15(20(14)8-9-21-16)12-4-2-3-5-13(12)17/h2-5,11H,6-10H2,1H3. The second kappa shape index (κ2) is 5.03. The monoisotopic (exact) mass is 319 g/mol. The maximum atomic E-state index is 6.33. The van der Waals surface area contributed by atoms with E-state index in [0.29, 0.717) is 4.75 Å². The molecule has 0 bridgehead atoms. The van der Waals surface area contributed by atoms with E-state index >= 15 is 0 Å². The van der Waals surface area contributed by atoms with Crippen molar-refractivity contribution in [2.45, 2.75) is 37.5 Å². The average Bonchev–Trinajstić information content (AvgIpc) is 3.27. The fraction of sp³-hybridized carbons (Fsp3) is 0.500. The molecule has 1 saturated carbocycles. The summed E-state index contributed by atoms with van der Waals surface area (Å²) in [5.74, 6) is 4.00. The van der Waals surface area contributed by atoms with E-state index < -0.39 is 0 Å². The summed E-state index contributed by atoms with van der Waals surface area (Å²) in [7, 11) is 0. The number of hydrogen-bond donors (Lipinski definition) is 0. The van der Waals surface area contributed by atoms with Gasteiger partial charge in [0, 0.05) is 29.0 Å². The van der Waals surface area contributed by atoms with E-state index in [2.05, 4.69) is 33.5 Å². The summed E-state index contributed by atoms with van der Waals surface area (Å²) in [4.78, 5) is 0. The summed E-state index contributed by atoms with van der Waals surface area (Å²) in [6.07, 6.45) is 3.75. The molecular weight excluding hydrogens is 302 g/mol. The van der Waals surface area contributed by atoms with Crippen LogP contribution in [-0.4, -0.2) is 25.3 Å². The second-order valence-electron chi connectivity index (χ2n) is 6.18. The molecular formula is C16H18ClN3S. The number of nitrogens with zero attached hydrogens (tertiary/aromatic N) is 3. The van der Waals surface area contributed by atoms with E-state index in [0.717, 1.165) is 46.9 Å². The lowest BCUT2D eigenvalue weighted by Gasteiger charge is -2.26. The molecule has 110 valence electrons. The number of aromatic nitrogens is 3. The molecule has 0 radical (unpaired) electrons. The van der Waals surface area contributed by atoms with Gasteiger partial charge in [0.2, 0.25) is 0 Å². The molecule has 1 aromatic heterocycles. The zero-order valence-electron chi connectivity index (χ0n) is 12.1. The van der Waals surface area contributed by atoms with Gasteiger partial charge < -0.3 is 4.57 Å². The van der Waals surface area contributed by atoms with Crippen molar-refractivity contribution in [3.05, 3.63) is 35.1 Å². The van der Waals surface area contributed by atoms with Crippen molar-refractivity contribution in [1.82, 2.24) is 14.8 Å². The van der Waals surface area contributed by atoms with Crippen molar-refractivity contribution in [1.29, 1.82) is 0 Å². The van der Waals surface area contributed by atoms with Gasteiger partial charge in [-0.05, 0) is 37.8 Å². The van der Waals surface area contributed by atoms with Gasteiger partial charge in [0.1, 0.15) is 5.82 Å². The van der Waals surface area contributed by atoms with E-state index in [1.807, 2.05) is 24.3 Å². The number of hydrogen-bond acceptors (Lipinski definition) is 3. The van der Waals surface area contributed by atoms with E-state index in [1.54, 1.807) is 0 Å². The Bertz CT molecular complexity index is 680. The van der Waals surface area contributed by atoms with Crippen molar-refractivity contribution in [2.24, 2.45) is 5.92 Å². The first-order valence-electron chi connectivity index (χ1n) is 7.48. The van der Waals surface area contributed by atoms with Crippen LogP contribution in [0.2, 0.25) is 5.02 Å². The third-order valence-corrected chi connectivity index (χ3v) is 6.49. The van der Waals surface area contributed by atoms with Gasteiger partial charge in [0.05, 0.1) is 5.02 Å². The molecule has 0 N–H and O–H groups in total. The molecule has 4 rings (SSSR count). The van der Waals surface area contributed by atoms with Crippen LogP contribution < -0.4 is 0 Å². The SMILES string of the molecule is CC1(C2CC2)Cc2nnc(-c3ccccc3Cl)n2CCS1. The molecule has 2 aromatic rings. The Morgan fingerprint density at radius 1 is 1.29 bits per heavy atom. The minimum Gasteiger partial charge on any atom is -0.310 e. The number of benzene rings is 1. The van der Waals surface area contributed by atoms with Crippen molar-refractivity contribution in [3.63, 3.8) is 0 Å². The first-order chi connectivity index (χ1) is 10.2. The lowest BCUT2D eigenvalue weighted by atomic mass is 10.0. The summed E-state index contributed by atoms with van der Waals surface area (Å²) < 4.78 is 2.60. The smallest absolute Gasteiger partial charge is 0.165 e. The fourth-order valence-electron chi connectivity index (χ4n) is 3.23. The summed E-state index contributed by atoms with van der Waals surface area (Å²) >= 11 is 8.43. The molecule has 1 aromatic carbocycles. The van der Waals surface area contributed by atoms with Crippen LogP contribution in [0.25, 0.3) is 11.4 Å². The third-order valence-electron chi connectivity index (χ3n) is 4.64. The highest BCUT2D eigenvalue weighted by molar-refractivity contribution is 8.00. The predicted octanol–water partition coefficient (Wildman–Crippen LogP) is 4.06. The van der Waals surface area contributed by atoms with Crippen LogP contribution in [0.1, 0.15) is 25.6 Å². The summed E-state index contributed by atoms with van der Waals surface area (Å²) in [5, 5.41) is 9.66. The molecule has 3 nitrogen and oxygen atoms in total. The van der Waals surface area contributed by atoms with Crippen LogP contribution in [-0.2, 0) is 13.0 Å². The lowest BCUT2D eigenvalue weighted by Crippen LogP contribution is -2.26. The number of thioether (sulfide) groups is 1. The van der Waals surface area contributed by atoms with Gasteiger partial charge in [-0.15, -0.1) is 10.2 Å². The van der Waals surface area contributed by atoms with Gasteiger partial charge >= 0.3 is 0 Å². The van der Waals surface area contributed by atoms with Crippen LogP contribution in [0.5, 0.6) is 0 Å². The summed E-state index contributed by atoms with van der Waals surface area (Å²) in [5.41, 5.74) is 0.984. The highest BCUT2D eigenvalue weighted by Crippen LogP contribution is 2.50. The topological polar surface area (TPSA) is 30.7 Å². The zero-order chi connectivity index (χ0) is 14.4. The fourth-order valence-corrected chi connectivity index (χ4v) is 4.90. The van der Waals surface area contributed by atoms with Crippen molar-refractivity contribution in [3.8, 4) is 11.4 Å². The predicted molar refractivity (Wildman–Crippen MR) is 87.8 cm³/mol. The minimum absolute atomic E-state index is 0.332. The van der Waals surface area contributed by atoms with Crippen molar-refractivity contribution < 1.29 is 0 Å². The molecule has 5 heteroatoms. The third kappa shape index (κ3) is 2.38. The van der Waals surface area contributed by atoms with Crippen LogP contribution in [0.15, 0.2) is 24.3 Å². The first-order valence-corrected chi connectivity index (χ1v) is 8.85. The van der Waals surface area contributed by atoms with E-state index in [9.17, 15) is 0 Å². The Morgan fingerprint density at radius 2 is 2.10 bits per heavy atom. The van der Waals surface area contributed by atoms with Crippen LogP contribution in [0, 0.1) is 5.92 Å². The van der Waals surface area contributed by atoms with Gasteiger partial charge in [-0.1, -0.05) is 23.7 Å². The van der Waals surface area contributed by atoms with Gasteiger partial charge in [-0.3, -0.25) is 0 Å². The molecule has 0 saturated heterocycles. The molecule has 1 unspecified atom stereocenters. The molecule has 1 atom stereocenters. The normalized spacial score (nSPS) is 25.4. The molecule has 2 heterocycles. The summed E-state index contributed by atoms with van der Waals surface area (Å²) in [6, 6.07) is 7.89. The summed E-state index contributed by atoms with van der Waals surface area (Å²) in [6.45, 7) is 3.37. The van der Waals surface area contributed by atoms with E-state index in [-0.39, 0.29) is 0 Å². The van der Waals surface area contributed by atoms with E-state index in [1.165, 1.54) is 12.8 Å². The Kier molecular flexibility index (Phi) is 3.27. The molecule has 1 fully saturated rings. The van der Waals surface area contributed by atoms with Gasteiger partial charge in [0.15, 0.2) is 5.82 Å². The minimum atomic E-state index is 0.332. The van der Waals surface area contributed by atoms with Crippen LogP contribution in [0.4, 0.5) is 0 Å². The van der Waals surface area contributed by atoms with Crippen LogP contribution in [0.3, 0.4) is 0 Å². The maximum absolute atomic E-state index is 6.33. The largest absolute Gasteiger partial charge is 0.310 e. The molecule has 1 aliphatic carbocycles. The maximum Gasteiger partial charge on any atom is 0.165 e. The number of rotatable bonds is 2. The van der Waals surface area contributed by atoms with Crippen molar-refractivity contribution in [2.75, 3.05) is 5.75 Å². The molecule has 21 heavy (non-hydrogen) atoms. The number of fused-ring (bicyclic) bond motifs is 1. The highest BCUT2D eigenvalue weighted by Gasteiger charge is 2.44. The highest BCUT2D eigenvalue weighted by atomic mass is 35.5. The quantitative estimate of drug-likeness (QED) is 0.836. The number of halogens is 1. The van der Waals surface area contributed by atoms with Gasteiger partial charge in [0.25, 0.3) is 0 Å². The van der Waals surface area contributed by atoms with Crippen molar-refractivity contribution >= 4 is 23.4 Å². The van der Waals surface area contributed by atoms with Crippen LogP contribution >= 0.6 is 23.4 Å². The molecule has 1 aliphatic heterocycles.